The van der Waals surface area contributed by atoms with Gasteiger partial charge in [-0.25, -0.2) is 0 Å². The summed E-state index contributed by atoms with van der Waals surface area (Å²) in [6.45, 7) is 4.27. The second kappa shape index (κ2) is 8.81. The Morgan fingerprint density at radius 1 is 1.00 bits per heavy atom. The molecular formula is C18H25. The maximum Gasteiger partial charge on any atom is 0.0434 e. The minimum atomic E-state index is 0.119. The van der Waals surface area contributed by atoms with Crippen LogP contribution in [0.4, 0.5) is 0 Å². The van der Waals surface area contributed by atoms with Crippen LogP contribution in [0, 0.1) is 12.3 Å². The van der Waals surface area contributed by atoms with Crippen LogP contribution in [0.1, 0.15) is 69.4 Å². The van der Waals surface area contributed by atoms with Crippen LogP contribution in [0.2, 0.25) is 0 Å². The van der Waals surface area contributed by atoms with Gasteiger partial charge in [0.2, 0.25) is 0 Å². The number of rotatable bonds is 8. The lowest BCUT2D eigenvalue weighted by molar-refractivity contribution is 0.607. The van der Waals surface area contributed by atoms with E-state index in [0.29, 0.717) is 0 Å². The van der Waals surface area contributed by atoms with E-state index in [-0.39, 0.29) is 5.92 Å². The van der Waals surface area contributed by atoms with Crippen LogP contribution in [0.3, 0.4) is 0 Å². The lowest BCUT2D eigenvalue weighted by Crippen LogP contribution is -1.91. The summed E-state index contributed by atoms with van der Waals surface area (Å²) in [4.78, 5) is 0. The van der Waals surface area contributed by atoms with E-state index in [1.165, 1.54) is 56.1 Å². The molecule has 18 heavy (non-hydrogen) atoms. The smallest absolute Gasteiger partial charge is 0.0434 e. The molecule has 0 aliphatic heterocycles. The standard InChI is InChI=1S/C18H25/c1-4-6-7-8-9-10-11-17-12-14-18(15-13-17)16(3)5-2/h12-16H,4,6-11H2,1,3H3. The zero-order valence-corrected chi connectivity index (χ0v) is 11.8. The monoisotopic (exact) mass is 241 g/mol. The normalized spacial score (nSPS) is 12.1. The molecule has 1 unspecified atom stereocenters. The van der Waals surface area contributed by atoms with Crippen molar-refractivity contribution >= 4 is 0 Å². The highest BCUT2D eigenvalue weighted by Gasteiger charge is 2.01. The van der Waals surface area contributed by atoms with Crippen molar-refractivity contribution in [3.05, 3.63) is 41.8 Å². The van der Waals surface area contributed by atoms with Gasteiger partial charge in [-0.15, -0.1) is 0 Å². The minimum Gasteiger partial charge on any atom is -0.0812 e. The number of benzene rings is 1. The maximum absolute atomic E-state index is 7.14. The zero-order valence-electron chi connectivity index (χ0n) is 11.8. The molecule has 1 radical (unpaired) electrons. The van der Waals surface area contributed by atoms with Gasteiger partial charge in [0.25, 0.3) is 0 Å². The summed E-state index contributed by atoms with van der Waals surface area (Å²) in [6.07, 6.45) is 16.5. The highest BCUT2D eigenvalue weighted by molar-refractivity contribution is 5.28. The van der Waals surface area contributed by atoms with E-state index >= 15 is 0 Å². The first kappa shape index (κ1) is 14.8. The van der Waals surface area contributed by atoms with Gasteiger partial charge in [-0.2, -0.15) is 0 Å². The van der Waals surface area contributed by atoms with Gasteiger partial charge in [0.15, 0.2) is 0 Å². The van der Waals surface area contributed by atoms with Gasteiger partial charge in [0.05, 0.1) is 0 Å². The van der Waals surface area contributed by atoms with E-state index in [2.05, 4.69) is 37.1 Å². The molecule has 0 spiro atoms. The van der Waals surface area contributed by atoms with Crippen LogP contribution in [-0.4, -0.2) is 0 Å². The Kier molecular flexibility index (Phi) is 7.26. The fourth-order valence-electron chi connectivity index (χ4n) is 2.17. The predicted molar refractivity (Wildman–Crippen MR) is 79.1 cm³/mol. The summed E-state index contributed by atoms with van der Waals surface area (Å²) in [5.74, 6) is 2.64. The van der Waals surface area contributed by atoms with Gasteiger partial charge in [0.1, 0.15) is 0 Å². The van der Waals surface area contributed by atoms with E-state index in [0.717, 1.165) is 0 Å². The highest BCUT2D eigenvalue weighted by atomic mass is 14.0. The Morgan fingerprint density at radius 3 is 2.22 bits per heavy atom. The Hall–Kier alpha value is -1.22. The third kappa shape index (κ3) is 5.41. The molecule has 0 saturated carbocycles. The third-order valence-corrected chi connectivity index (χ3v) is 3.52. The van der Waals surface area contributed by atoms with Gasteiger partial charge in [-0.05, 0) is 37.3 Å². The van der Waals surface area contributed by atoms with E-state index in [1.807, 2.05) is 6.92 Å². The summed E-state index contributed by atoms with van der Waals surface area (Å²) in [5.41, 5.74) is 2.61. The summed E-state index contributed by atoms with van der Waals surface area (Å²) in [6, 6.07) is 8.68. The number of hydrogen-bond donors (Lipinski definition) is 0. The molecule has 0 aliphatic rings. The van der Waals surface area contributed by atoms with E-state index < -0.39 is 0 Å². The van der Waals surface area contributed by atoms with Crippen molar-refractivity contribution in [3.8, 4) is 5.92 Å². The molecule has 1 aromatic rings. The van der Waals surface area contributed by atoms with Crippen molar-refractivity contribution in [2.75, 3.05) is 0 Å². The molecule has 0 saturated heterocycles. The molecule has 1 rings (SSSR count). The van der Waals surface area contributed by atoms with Gasteiger partial charge >= 0.3 is 0 Å². The third-order valence-electron chi connectivity index (χ3n) is 3.52. The molecule has 97 valence electrons. The van der Waals surface area contributed by atoms with Crippen molar-refractivity contribution in [1.82, 2.24) is 0 Å². The van der Waals surface area contributed by atoms with Gasteiger partial charge in [-0.3, -0.25) is 0 Å². The van der Waals surface area contributed by atoms with Crippen LogP contribution < -0.4 is 0 Å². The lowest BCUT2D eigenvalue weighted by Gasteiger charge is -2.06. The molecule has 1 aromatic carbocycles. The average molecular weight is 241 g/mol. The molecule has 0 fully saturated rings. The fourth-order valence-corrected chi connectivity index (χ4v) is 2.17. The minimum absolute atomic E-state index is 0.119. The van der Waals surface area contributed by atoms with Gasteiger partial charge in [-0.1, -0.05) is 69.2 Å². The molecule has 0 heterocycles. The predicted octanol–water partition coefficient (Wildman–Crippen LogP) is 5.28. The highest BCUT2D eigenvalue weighted by Crippen LogP contribution is 2.16. The van der Waals surface area contributed by atoms with Crippen LogP contribution >= 0.6 is 0 Å². The molecule has 0 heteroatoms. The molecular weight excluding hydrogens is 216 g/mol. The second-order valence-corrected chi connectivity index (χ2v) is 5.13. The Balaban J connectivity index is 2.25. The number of unbranched alkanes of at least 4 members (excludes halogenated alkanes) is 5. The number of hydrogen-bond acceptors (Lipinski definition) is 0. The first-order chi connectivity index (χ1) is 8.77. The quantitative estimate of drug-likeness (QED) is 0.429. The fraction of sp³-hybridized carbons (Fsp3) is 0.556. The SMILES string of the molecule is [C]#CC(C)c1ccc(CCCCCCCC)cc1. The molecule has 0 amide bonds. The summed E-state index contributed by atoms with van der Waals surface area (Å²) in [5, 5.41) is 0. The van der Waals surface area contributed by atoms with Gasteiger partial charge < -0.3 is 0 Å². The van der Waals surface area contributed by atoms with Crippen LogP contribution in [0.25, 0.3) is 0 Å². The van der Waals surface area contributed by atoms with Crippen molar-refractivity contribution in [2.24, 2.45) is 0 Å². The van der Waals surface area contributed by atoms with E-state index in [9.17, 15) is 0 Å². The molecule has 0 N–H and O–H groups in total. The second-order valence-electron chi connectivity index (χ2n) is 5.13. The van der Waals surface area contributed by atoms with Crippen molar-refractivity contribution < 1.29 is 0 Å². The van der Waals surface area contributed by atoms with Crippen LogP contribution in [-0.2, 0) is 6.42 Å². The Labute approximate surface area is 113 Å². The molecule has 0 aliphatic carbocycles. The molecule has 0 bridgehead atoms. The molecule has 0 aromatic heterocycles. The van der Waals surface area contributed by atoms with Crippen LogP contribution in [0.15, 0.2) is 24.3 Å². The van der Waals surface area contributed by atoms with Crippen LogP contribution in [0.5, 0.6) is 0 Å². The van der Waals surface area contributed by atoms with Gasteiger partial charge in [0, 0.05) is 5.92 Å². The van der Waals surface area contributed by atoms with E-state index in [1.54, 1.807) is 0 Å². The Morgan fingerprint density at radius 2 is 1.61 bits per heavy atom. The summed E-state index contributed by atoms with van der Waals surface area (Å²) >= 11 is 0. The first-order valence-corrected chi connectivity index (χ1v) is 7.29. The van der Waals surface area contributed by atoms with Crippen molar-refractivity contribution in [3.63, 3.8) is 0 Å². The lowest BCUT2D eigenvalue weighted by atomic mass is 9.98. The average Bonchev–Trinajstić information content (AvgIpc) is 2.42. The molecule has 0 nitrogen and oxygen atoms in total. The Bertz CT molecular complexity index is 353. The number of aryl methyl sites for hydroxylation is 1. The van der Waals surface area contributed by atoms with Crippen molar-refractivity contribution in [2.45, 2.75) is 64.7 Å². The summed E-state index contributed by atoms with van der Waals surface area (Å²) in [7, 11) is 0. The summed E-state index contributed by atoms with van der Waals surface area (Å²) < 4.78 is 0. The first-order valence-electron chi connectivity index (χ1n) is 7.29. The maximum atomic E-state index is 7.14. The largest absolute Gasteiger partial charge is 0.0812 e. The topological polar surface area (TPSA) is 0 Å². The molecule has 1 atom stereocenters. The van der Waals surface area contributed by atoms with E-state index in [4.69, 9.17) is 6.42 Å². The zero-order chi connectivity index (χ0) is 13.2. The van der Waals surface area contributed by atoms with Crippen molar-refractivity contribution in [1.29, 1.82) is 0 Å².